The number of hydrogen-bond acceptors (Lipinski definition) is 6. The number of carbonyl (C=O) groups excluding carboxylic acids is 1. The van der Waals surface area contributed by atoms with E-state index in [4.69, 9.17) is 4.74 Å². The monoisotopic (exact) mass is 361 g/mol. The van der Waals surface area contributed by atoms with E-state index in [1.165, 1.54) is 6.92 Å². The SMILES string of the molecule is CCOC1CCC(Cc2ncc(C(C)=O)c(N[C@H]3CCC[C@@H]3O)n2)CC1. The average molecular weight is 361 g/mol. The third-order valence-corrected chi connectivity index (χ3v) is 5.69. The van der Waals surface area contributed by atoms with E-state index < -0.39 is 0 Å². The lowest BCUT2D eigenvalue weighted by atomic mass is 9.85. The second-order valence-corrected chi connectivity index (χ2v) is 7.66. The van der Waals surface area contributed by atoms with Gasteiger partial charge in [-0.25, -0.2) is 9.97 Å². The van der Waals surface area contributed by atoms with E-state index >= 15 is 0 Å². The van der Waals surface area contributed by atoms with Crippen LogP contribution in [0.4, 0.5) is 5.82 Å². The number of carbonyl (C=O) groups is 1. The van der Waals surface area contributed by atoms with E-state index in [-0.39, 0.29) is 17.9 Å². The van der Waals surface area contributed by atoms with Gasteiger partial charge in [-0.3, -0.25) is 4.79 Å². The van der Waals surface area contributed by atoms with Crippen LogP contribution in [0, 0.1) is 5.92 Å². The molecule has 0 amide bonds. The maximum absolute atomic E-state index is 11.9. The van der Waals surface area contributed by atoms with Crippen LogP contribution in [0.25, 0.3) is 0 Å². The molecule has 3 rings (SSSR count). The second kappa shape index (κ2) is 8.91. The summed E-state index contributed by atoms with van der Waals surface area (Å²) in [7, 11) is 0. The van der Waals surface area contributed by atoms with Crippen molar-refractivity contribution in [2.45, 2.75) is 83.5 Å². The molecule has 2 aliphatic carbocycles. The molecule has 0 spiro atoms. The van der Waals surface area contributed by atoms with Crippen molar-refractivity contribution in [2.24, 2.45) is 5.92 Å². The van der Waals surface area contributed by atoms with Crippen molar-refractivity contribution in [1.29, 1.82) is 0 Å². The zero-order chi connectivity index (χ0) is 18.5. The highest BCUT2D eigenvalue weighted by Crippen LogP contribution is 2.29. The lowest BCUT2D eigenvalue weighted by molar-refractivity contribution is 0.0255. The van der Waals surface area contributed by atoms with Gasteiger partial charge in [0.2, 0.25) is 0 Å². The van der Waals surface area contributed by atoms with Gasteiger partial charge in [-0.05, 0) is 64.7 Å². The number of anilines is 1. The largest absolute Gasteiger partial charge is 0.391 e. The van der Waals surface area contributed by atoms with Crippen molar-refractivity contribution in [1.82, 2.24) is 9.97 Å². The van der Waals surface area contributed by atoms with Crippen LogP contribution in [0.15, 0.2) is 6.20 Å². The maximum Gasteiger partial charge on any atom is 0.165 e. The fourth-order valence-electron chi connectivity index (χ4n) is 4.17. The van der Waals surface area contributed by atoms with Gasteiger partial charge in [0.25, 0.3) is 0 Å². The van der Waals surface area contributed by atoms with Crippen molar-refractivity contribution >= 4 is 11.6 Å². The van der Waals surface area contributed by atoms with Crippen molar-refractivity contribution in [3.8, 4) is 0 Å². The van der Waals surface area contributed by atoms with Gasteiger partial charge in [-0.15, -0.1) is 0 Å². The van der Waals surface area contributed by atoms with Gasteiger partial charge in [-0.1, -0.05) is 0 Å². The Balaban J connectivity index is 1.66. The molecule has 6 heteroatoms. The molecule has 2 N–H and O–H groups in total. The van der Waals surface area contributed by atoms with E-state index in [0.717, 1.165) is 63.8 Å². The zero-order valence-electron chi connectivity index (χ0n) is 15.9. The fourth-order valence-corrected chi connectivity index (χ4v) is 4.17. The molecular formula is C20H31N3O3. The molecule has 0 saturated heterocycles. The molecule has 1 aromatic rings. The zero-order valence-corrected chi connectivity index (χ0v) is 15.9. The normalized spacial score (nSPS) is 28.9. The van der Waals surface area contributed by atoms with Crippen molar-refractivity contribution in [3.63, 3.8) is 0 Å². The Morgan fingerprint density at radius 3 is 2.65 bits per heavy atom. The summed E-state index contributed by atoms with van der Waals surface area (Å²) >= 11 is 0. The number of aliphatic hydroxyl groups is 1. The molecule has 1 heterocycles. The van der Waals surface area contributed by atoms with Gasteiger partial charge in [0.15, 0.2) is 5.78 Å². The van der Waals surface area contributed by atoms with E-state index in [9.17, 15) is 9.90 Å². The molecule has 2 atom stereocenters. The minimum Gasteiger partial charge on any atom is -0.391 e. The van der Waals surface area contributed by atoms with Crippen LogP contribution in [0.3, 0.4) is 0 Å². The molecule has 144 valence electrons. The number of rotatable bonds is 7. The number of ketones is 1. The summed E-state index contributed by atoms with van der Waals surface area (Å²) in [5.41, 5.74) is 0.507. The van der Waals surface area contributed by atoms with Crippen LogP contribution in [0.5, 0.6) is 0 Å². The van der Waals surface area contributed by atoms with E-state index in [1.807, 2.05) is 6.92 Å². The summed E-state index contributed by atoms with van der Waals surface area (Å²) in [6.07, 6.45) is 9.66. The van der Waals surface area contributed by atoms with E-state index in [0.29, 0.717) is 23.4 Å². The summed E-state index contributed by atoms with van der Waals surface area (Å²) < 4.78 is 5.72. The van der Waals surface area contributed by atoms with Crippen molar-refractivity contribution < 1.29 is 14.6 Å². The Hall–Kier alpha value is -1.53. The highest BCUT2D eigenvalue weighted by atomic mass is 16.5. The number of ether oxygens (including phenoxy) is 1. The van der Waals surface area contributed by atoms with E-state index in [2.05, 4.69) is 15.3 Å². The molecule has 0 bridgehead atoms. The number of aliphatic hydroxyl groups excluding tert-OH is 1. The van der Waals surface area contributed by atoms with Gasteiger partial charge in [0, 0.05) is 19.2 Å². The lowest BCUT2D eigenvalue weighted by Gasteiger charge is -2.28. The predicted molar refractivity (Wildman–Crippen MR) is 100 cm³/mol. The van der Waals surface area contributed by atoms with Crippen molar-refractivity contribution in [2.75, 3.05) is 11.9 Å². The molecule has 0 aromatic carbocycles. The summed E-state index contributed by atoms with van der Waals surface area (Å²) in [5.74, 6) is 1.88. The third-order valence-electron chi connectivity index (χ3n) is 5.69. The fraction of sp³-hybridized carbons (Fsp3) is 0.750. The first-order chi connectivity index (χ1) is 12.6. The van der Waals surface area contributed by atoms with Crippen molar-refractivity contribution in [3.05, 3.63) is 17.6 Å². The van der Waals surface area contributed by atoms with Crippen LogP contribution in [0.2, 0.25) is 0 Å². The number of aromatic nitrogens is 2. The van der Waals surface area contributed by atoms with E-state index in [1.54, 1.807) is 6.20 Å². The Bertz CT molecular complexity index is 614. The first kappa shape index (κ1) is 19.2. The van der Waals surface area contributed by atoms with Crippen LogP contribution >= 0.6 is 0 Å². The second-order valence-electron chi connectivity index (χ2n) is 7.66. The third kappa shape index (κ3) is 4.80. The maximum atomic E-state index is 11.9. The predicted octanol–water partition coefficient (Wildman–Crippen LogP) is 3.14. The molecule has 0 unspecified atom stereocenters. The first-order valence-corrected chi connectivity index (χ1v) is 9.99. The Morgan fingerprint density at radius 1 is 1.27 bits per heavy atom. The van der Waals surface area contributed by atoms with Gasteiger partial charge in [0.05, 0.1) is 23.8 Å². The summed E-state index contributed by atoms with van der Waals surface area (Å²) in [6.45, 7) is 4.36. The van der Waals surface area contributed by atoms with Crippen LogP contribution in [-0.4, -0.2) is 45.7 Å². The molecule has 2 aliphatic rings. The number of nitrogens with one attached hydrogen (secondary N) is 1. The molecule has 0 aliphatic heterocycles. The first-order valence-electron chi connectivity index (χ1n) is 9.99. The number of hydrogen-bond donors (Lipinski definition) is 2. The number of Topliss-reactive ketones (excluding diaryl/α,β-unsaturated/α-hetero) is 1. The van der Waals surface area contributed by atoms with Crippen LogP contribution in [-0.2, 0) is 11.2 Å². The summed E-state index contributed by atoms with van der Waals surface area (Å²) in [5, 5.41) is 13.4. The van der Waals surface area contributed by atoms with Gasteiger partial charge in [-0.2, -0.15) is 0 Å². The summed E-state index contributed by atoms with van der Waals surface area (Å²) in [4.78, 5) is 21.0. The average Bonchev–Trinajstić information content (AvgIpc) is 3.02. The molecule has 1 aromatic heterocycles. The van der Waals surface area contributed by atoms with Crippen LogP contribution < -0.4 is 5.32 Å². The topological polar surface area (TPSA) is 84.3 Å². The molecular weight excluding hydrogens is 330 g/mol. The van der Waals surface area contributed by atoms with Gasteiger partial charge >= 0.3 is 0 Å². The minimum absolute atomic E-state index is 0.0301. The molecule has 26 heavy (non-hydrogen) atoms. The van der Waals surface area contributed by atoms with Crippen LogP contribution in [0.1, 0.15) is 75.0 Å². The molecule has 2 saturated carbocycles. The smallest absolute Gasteiger partial charge is 0.165 e. The Kier molecular flexibility index (Phi) is 6.59. The van der Waals surface area contributed by atoms with Gasteiger partial charge in [0.1, 0.15) is 11.6 Å². The minimum atomic E-state index is -0.373. The number of nitrogens with zero attached hydrogens (tertiary/aromatic N) is 2. The highest BCUT2D eigenvalue weighted by molar-refractivity contribution is 5.98. The standard InChI is InChI=1S/C20H31N3O3/c1-3-26-15-9-7-14(8-10-15)11-19-21-12-16(13(2)24)20(23-19)22-17-5-4-6-18(17)25/h12,14-15,17-18,25H,3-11H2,1-2H3,(H,21,22,23)/t14?,15?,17-,18-/m0/s1. The molecule has 2 fully saturated rings. The quantitative estimate of drug-likeness (QED) is 0.726. The Morgan fingerprint density at radius 2 is 2.04 bits per heavy atom. The lowest BCUT2D eigenvalue weighted by Crippen LogP contribution is -2.29. The molecule has 6 nitrogen and oxygen atoms in total. The molecule has 0 radical (unpaired) electrons. The summed E-state index contributed by atoms with van der Waals surface area (Å²) in [6, 6.07) is -0.0301. The van der Waals surface area contributed by atoms with Gasteiger partial charge < -0.3 is 15.2 Å². The highest BCUT2D eigenvalue weighted by Gasteiger charge is 2.27. The Labute approximate surface area is 155 Å².